The topological polar surface area (TPSA) is 110 Å². The Hall–Kier alpha value is -4.39. The molecule has 0 fully saturated rings. The van der Waals surface area contributed by atoms with Crippen LogP contribution in [0.25, 0.3) is 11.1 Å². The van der Waals surface area contributed by atoms with Crippen LogP contribution in [0.15, 0.2) is 66.7 Å². The minimum atomic E-state index is -2.25. The van der Waals surface area contributed by atoms with Crippen LogP contribution in [-0.4, -0.2) is 28.3 Å². The van der Waals surface area contributed by atoms with Crippen LogP contribution >= 0.6 is 0 Å². The van der Waals surface area contributed by atoms with E-state index >= 15 is 0 Å². The van der Waals surface area contributed by atoms with E-state index in [0.717, 1.165) is 17.5 Å². The molecular formula is C29H26O7. The van der Waals surface area contributed by atoms with Gasteiger partial charge in [-0.3, -0.25) is 4.79 Å². The standard InChI is InChI=1S/C29H26O7/c1-4-18-15-16-23-25(22(18)5-2)24(20-13-11-19(12-14-20)17(3)30)26(21-9-7-6-8-10-21)29(23,35-27(31)32)36-28(33)34/h6-16H,4-5H2,1-3H3,(H,31,32)(H,33,34). The number of Topliss-reactive ketones (excluding diaryl/α,β-unsaturated/α-hetero) is 1. The fourth-order valence-corrected chi connectivity index (χ4v) is 4.99. The first kappa shape index (κ1) is 24.7. The predicted molar refractivity (Wildman–Crippen MR) is 134 cm³/mol. The maximum Gasteiger partial charge on any atom is 0.509 e. The van der Waals surface area contributed by atoms with E-state index in [2.05, 4.69) is 0 Å². The van der Waals surface area contributed by atoms with E-state index in [1.54, 1.807) is 60.7 Å². The molecule has 1 aliphatic carbocycles. The van der Waals surface area contributed by atoms with Crippen LogP contribution in [-0.2, 0) is 28.1 Å². The minimum Gasteiger partial charge on any atom is -0.450 e. The van der Waals surface area contributed by atoms with E-state index in [1.807, 2.05) is 19.9 Å². The molecule has 3 aromatic carbocycles. The van der Waals surface area contributed by atoms with Gasteiger partial charge in [0.1, 0.15) is 0 Å². The van der Waals surface area contributed by atoms with Crippen molar-refractivity contribution in [2.75, 3.05) is 0 Å². The van der Waals surface area contributed by atoms with Gasteiger partial charge in [-0.25, -0.2) is 9.59 Å². The number of aryl methyl sites for hydroxylation is 1. The number of carbonyl (C=O) groups is 3. The number of rotatable bonds is 7. The highest BCUT2D eigenvalue weighted by atomic mass is 16.8. The van der Waals surface area contributed by atoms with Gasteiger partial charge in [0.15, 0.2) is 5.78 Å². The fraction of sp³-hybridized carbons (Fsp3) is 0.207. The second-order valence-corrected chi connectivity index (χ2v) is 8.43. The van der Waals surface area contributed by atoms with E-state index in [4.69, 9.17) is 9.47 Å². The Morgan fingerprint density at radius 1 is 0.778 bits per heavy atom. The largest absolute Gasteiger partial charge is 0.509 e. The Labute approximate surface area is 208 Å². The molecule has 0 atom stereocenters. The van der Waals surface area contributed by atoms with Gasteiger partial charge in [0.05, 0.1) is 5.57 Å². The summed E-state index contributed by atoms with van der Waals surface area (Å²) in [5, 5.41) is 19.5. The third-order valence-electron chi connectivity index (χ3n) is 6.43. The molecule has 1 aliphatic rings. The molecule has 0 spiro atoms. The Bertz CT molecular complexity index is 1350. The van der Waals surface area contributed by atoms with Crippen molar-refractivity contribution in [2.45, 2.75) is 39.4 Å². The predicted octanol–water partition coefficient (Wildman–Crippen LogP) is 6.53. The Kier molecular flexibility index (Phi) is 6.66. The van der Waals surface area contributed by atoms with Gasteiger partial charge in [0, 0.05) is 16.7 Å². The number of ether oxygens (including phenoxy) is 2. The number of fused-ring (bicyclic) bond motifs is 1. The molecule has 2 N–H and O–H groups in total. The molecule has 0 saturated carbocycles. The van der Waals surface area contributed by atoms with Crippen LogP contribution in [0.2, 0.25) is 0 Å². The highest BCUT2D eigenvalue weighted by Crippen LogP contribution is 2.56. The van der Waals surface area contributed by atoms with Crippen molar-refractivity contribution in [1.82, 2.24) is 0 Å². The first-order valence-electron chi connectivity index (χ1n) is 11.6. The second kappa shape index (κ2) is 9.70. The molecule has 0 unspecified atom stereocenters. The molecule has 0 aromatic heterocycles. The molecule has 36 heavy (non-hydrogen) atoms. The first-order valence-corrected chi connectivity index (χ1v) is 11.6. The summed E-state index contributed by atoms with van der Waals surface area (Å²) in [7, 11) is 0. The monoisotopic (exact) mass is 486 g/mol. The number of carbonyl (C=O) groups excluding carboxylic acids is 1. The number of hydrogen-bond donors (Lipinski definition) is 2. The van der Waals surface area contributed by atoms with Crippen LogP contribution in [0.5, 0.6) is 0 Å². The lowest BCUT2D eigenvalue weighted by Gasteiger charge is -2.30. The average Bonchev–Trinajstić information content (AvgIpc) is 3.12. The van der Waals surface area contributed by atoms with Gasteiger partial charge in [-0.2, -0.15) is 0 Å². The van der Waals surface area contributed by atoms with Crippen LogP contribution in [0.3, 0.4) is 0 Å². The van der Waals surface area contributed by atoms with E-state index in [-0.39, 0.29) is 11.4 Å². The van der Waals surface area contributed by atoms with Gasteiger partial charge in [-0.1, -0.05) is 74.5 Å². The van der Waals surface area contributed by atoms with Crippen LogP contribution < -0.4 is 0 Å². The molecule has 0 bridgehead atoms. The lowest BCUT2D eigenvalue weighted by atomic mass is 9.88. The number of ketones is 1. The Morgan fingerprint density at radius 3 is 1.89 bits per heavy atom. The zero-order chi connectivity index (χ0) is 26.0. The Balaban J connectivity index is 2.21. The van der Waals surface area contributed by atoms with E-state index in [0.29, 0.717) is 39.8 Å². The summed E-state index contributed by atoms with van der Waals surface area (Å²) >= 11 is 0. The molecule has 7 heteroatoms. The van der Waals surface area contributed by atoms with Crippen LogP contribution in [0.1, 0.15) is 64.5 Å². The second-order valence-electron chi connectivity index (χ2n) is 8.43. The van der Waals surface area contributed by atoms with Gasteiger partial charge in [0.2, 0.25) is 0 Å². The van der Waals surface area contributed by atoms with Crippen molar-refractivity contribution in [3.05, 3.63) is 106 Å². The number of benzene rings is 3. The lowest BCUT2D eigenvalue weighted by Crippen LogP contribution is -2.37. The van der Waals surface area contributed by atoms with E-state index in [9.17, 15) is 24.6 Å². The quantitative estimate of drug-likeness (QED) is 0.222. The van der Waals surface area contributed by atoms with Crippen molar-refractivity contribution in [1.29, 1.82) is 0 Å². The molecule has 0 heterocycles. The highest BCUT2D eigenvalue weighted by molar-refractivity contribution is 6.08. The third-order valence-corrected chi connectivity index (χ3v) is 6.43. The molecule has 4 rings (SSSR count). The van der Waals surface area contributed by atoms with Crippen LogP contribution in [0.4, 0.5) is 9.59 Å². The van der Waals surface area contributed by atoms with Gasteiger partial charge in [-0.05, 0) is 53.6 Å². The summed E-state index contributed by atoms with van der Waals surface area (Å²) in [5.41, 5.74) is 5.56. The minimum absolute atomic E-state index is 0.0917. The van der Waals surface area contributed by atoms with Crippen molar-refractivity contribution >= 4 is 29.2 Å². The number of hydrogen-bond acceptors (Lipinski definition) is 5. The first-order chi connectivity index (χ1) is 17.2. The molecule has 0 saturated heterocycles. The van der Waals surface area contributed by atoms with E-state index < -0.39 is 18.1 Å². The zero-order valence-electron chi connectivity index (χ0n) is 20.2. The summed E-state index contributed by atoms with van der Waals surface area (Å²) in [4.78, 5) is 35.9. The molecule has 0 amide bonds. The van der Waals surface area contributed by atoms with Gasteiger partial charge in [-0.15, -0.1) is 0 Å². The lowest BCUT2D eigenvalue weighted by molar-refractivity contribution is -0.146. The number of carboxylic acid groups (broad SMARTS) is 2. The Morgan fingerprint density at radius 2 is 1.39 bits per heavy atom. The molecule has 0 aliphatic heterocycles. The SMILES string of the molecule is CCc1ccc2c(c1CC)C(c1ccc(C(C)=O)cc1)=C(c1ccccc1)C2(OC(=O)O)OC(=O)O. The maximum absolute atomic E-state index is 12.0. The average molecular weight is 487 g/mol. The highest BCUT2D eigenvalue weighted by Gasteiger charge is 2.54. The summed E-state index contributed by atoms with van der Waals surface area (Å²) in [6, 6.07) is 19.3. The molecule has 7 nitrogen and oxygen atoms in total. The third kappa shape index (κ3) is 4.13. The summed E-state index contributed by atoms with van der Waals surface area (Å²) in [5.74, 6) is -2.34. The van der Waals surface area contributed by atoms with E-state index in [1.165, 1.54) is 6.92 Å². The van der Waals surface area contributed by atoms with Gasteiger partial charge in [0.25, 0.3) is 0 Å². The zero-order valence-corrected chi connectivity index (χ0v) is 20.2. The summed E-state index contributed by atoms with van der Waals surface area (Å²) in [6.07, 6.45) is -2.03. The summed E-state index contributed by atoms with van der Waals surface area (Å²) in [6.45, 7) is 5.49. The van der Waals surface area contributed by atoms with Gasteiger partial charge >= 0.3 is 18.1 Å². The fourth-order valence-electron chi connectivity index (χ4n) is 4.99. The smallest absolute Gasteiger partial charge is 0.450 e. The maximum atomic E-state index is 12.0. The van der Waals surface area contributed by atoms with Crippen molar-refractivity contribution in [3.63, 3.8) is 0 Å². The van der Waals surface area contributed by atoms with Crippen molar-refractivity contribution < 1.29 is 34.1 Å². The molecular weight excluding hydrogens is 460 g/mol. The van der Waals surface area contributed by atoms with Crippen LogP contribution in [0, 0.1) is 0 Å². The molecule has 3 aromatic rings. The molecule has 0 radical (unpaired) electrons. The molecule has 184 valence electrons. The van der Waals surface area contributed by atoms with Crippen molar-refractivity contribution in [2.24, 2.45) is 0 Å². The summed E-state index contributed by atoms with van der Waals surface area (Å²) < 4.78 is 10.8. The normalized spacial score (nSPS) is 13.8. The van der Waals surface area contributed by atoms with Crippen molar-refractivity contribution in [3.8, 4) is 0 Å². The van der Waals surface area contributed by atoms with Gasteiger partial charge < -0.3 is 19.7 Å².